The van der Waals surface area contributed by atoms with Crippen LogP contribution in [-0.4, -0.2) is 18.2 Å². The van der Waals surface area contributed by atoms with Gasteiger partial charge in [-0.05, 0) is 17.7 Å². The molecule has 0 spiro atoms. The number of alkyl halides is 1. The normalized spacial score (nSPS) is 12.2. The van der Waals surface area contributed by atoms with Crippen LogP contribution in [0.1, 0.15) is 23.6 Å². The SMILES string of the molecule is COc1ccc(C(N)CC(=O)O)cc1CF. The van der Waals surface area contributed by atoms with Gasteiger partial charge in [0.1, 0.15) is 12.4 Å². The van der Waals surface area contributed by atoms with Crippen LogP contribution in [0, 0.1) is 0 Å². The van der Waals surface area contributed by atoms with Crippen LogP contribution >= 0.6 is 0 Å². The lowest BCUT2D eigenvalue weighted by Crippen LogP contribution is -2.15. The van der Waals surface area contributed by atoms with E-state index in [1.165, 1.54) is 13.2 Å². The molecule has 1 unspecified atom stereocenters. The van der Waals surface area contributed by atoms with E-state index in [9.17, 15) is 9.18 Å². The predicted molar refractivity (Wildman–Crippen MR) is 57.0 cm³/mol. The highest BCUT2D eigenvalue weighted by Gasteiger charge is 2.13. The third-order valence-electron chi connectivity index (χ3n) is 2.27. The molecule has 88 valence electrons. The molecule has 0 amide bonds. The van der Waals surface area contributed by atoms with Gasteiger partial charge in [-0.2, -0.15) is 0 Å². The Morgan fingerprint density at radius 2 is 2.31 bits per heavy atom. The summed E-state index contributed by atoms with van der Waals surface area (Å²) in [7, 11) is 1.45. The summed E-state index contributed by atoms with van der Waals surface area (Å²) >= 11 is 0. The second-order valence-electron chi connectivity index (χ2n) is 3.41. The van der Waals surface area contributed by atoms with Crippen molar-refractivity contribution in [1.29, 1.82) is 0 Å². The highest BCUT2D eigenvalue weighted by Crippen LogP contribution is 2.24. The molecule has 1 aromatic rings. The number of rotatable bonds is 5. The maximum absolute atomic E-state index is 12.6. The fourth-order valence-corrected chi connectivity index (χ4v) is 1.44. The second kappa shape index (κ2) is 5.46. The summed E-state index contributed by atoms with van der Waals surface area (Å²) in [5.41, 5.74) is 6.64. The van der Waals surface area contributed by atoms with Crippen LogP contribution in [0.25, 0.3) is 0 Å². The van der Waals surface area contributed by atoms with Crippen LogP contribution in [0.15, 0.2) is 18.2 Å². The van der Waals surface area contributed by atoms with Gasteiger partial charge in [0, 0.05) is 11.6 Å². The van der Waals surface area contributed by atoms with Crippen molar-refractivity contribution in [2.75, 3.05) is 7.11 Å². The van der Waals surface area contributed by atoms with Crippen LogP contribution < -0.4 is 10.5 Å². The fraction of sp³-hybridized carbons (Fsp3) is 0.364. The Morgan fingerprint density at radius 1 is 1.62 bits per heavy atom. The molecule has 5 heteroatoms. The minimum Gasteiger partial charge on any atom is -0.496 e. The minimum absolute atomic E-state index is 0.182. The first-order chi connectivity index (χ1) is 7.58. The Bertz CT molecular complexity index is 381. The van der Waals surface area contributed by atoms with E-state index in [0.29, 0.717) is 16.9 Å². The van der Waals surface area contributed by atoms with Gasteiger partial charge < -0.3 is 15.6 Å². The van der Waals surface area contributed by atoms with Crippen molar-refractivity contribution in [1.82, 2.24) is 0 Å². The van der Waals surface area contributed by atoms with Gasteiger partial charge in [0.05, 0.1) is 13.5 Å². The fourth-order valence-electron chi connectivity index (χ4n) is 1.44. The van der Waals surface area contributed by atoms with Crippen molar-refractivity contribution in [3.63, 3.8) is 0 Å². The first kappa shape index (κ1) is 12.4. The average molecular weight is 227 g/mol. The maximum atomic E-state index is 12.6. The monoisotopic (exact) mass is 227 g/mol. The Morgan fingerprint density at radius 3 is 2.81 bits per heavy atom. The molecule has 0 aromatic heterocycles. The molecule has 16 heavy (non-hydrogen) atoms. The van der Waals surface area contributed by atoms with E-state index >= 15 is 0 Å². The zero-order valence-electron chi connectivity index (χ0n) is 8.94. The number of methoxy groups -OCH3 is 1. The Balaban J connectivity index is 2.93. The number of benzene rings is 1. The van der Waals surface area contributed by atoms with E-state index in [1.807, 2.05) is 0 Å². The molecule has 0 heterocycles. The van der Waals surface area contributed by atoms with E-state index in [2.05, 4.69) is 0 Å². The van der Waals surface area contributed by atoms with Crippen LogP contribution in [0.4, 0.5) is 4.39 Å². The molecular weight excluding hydrogens is 213 g/mol. The third-order valence-corrected chi connectivity index (χ3v) is 2.27. The molecule has 3 N–H and O–H groups in total. The average Bonchev–Trinajstić information content (AvgIpc) is 2.27. The number of carboxylic acids is 1. The van der Waals surface area contributed by atoms with Gasteiger partial charge in [-0.25, -0.2) is 4.39 Å². The van der Waals surface area contributed by atoms with Gasteiger partial charge in [-0.1, -0.05) is 6.07 Å². The summed E-state index contributed by atoms with van der Waals surface area (Å²) in [6, 6.07) is 4.14. The summed E-state index contributed by atoms with van der Waals surface area (Å²) in [5.74, 6) is -0.543. The van der Waals surface area contributed by atoms with Gasteiger partial charge in [-0.15, -0.1) is 0 Å². The Kier molecular flexibility index (Phi) is 4.25. The highest BCUT2D eigenvalue weighted by atomic mass is 19.1. The molecule has 0 aliphatic rings. The summed E-state index contributed by atoms with van der Waals surface area (Å²) in [6.07, 6.45) is -0.182. The van der Waals surface area contributed by atoms with Crippen molar-refractivity contribution in [2.45, 2.75) is 19.1 Å². The lowest BCUT2D eigenvalue weighted by atomic mass is 10.0. The number of aliphatic carboxylic acids is 1. The minimum atomic E-state index is -0.981. The Hall–Kier alpha value is -1.62. The standard InChI is InChI=1S/C11H14FNO3/c1-16-10-3-2-7(4-8(10)6-12)9(13)5-11(14)15/h2-4,9H,5-6,13H2,1H3,(H,14,15). The molecule has 0 aliphatic carbocycles. The van der Waals surface area contributed by atoms with Gasteiger partial charge in [-0.3, -0.25) is 4.79 Å². The van der Waals surface area contributed by atoms with E-state index in [-0.39, 0.29) is 6.42 Å². The maximum Gasteiger partial charge on any atom is 0.305 e. The zero-order valence-corrected chi connectivity index (χ0v) is 8.94. The van der Waals surface area contributed by atoms with Crippen LogP contribution in [-0.2, 0) is 11.5 Å². The molecule has 0 saturated heterocycles. The van der Waals surface area contributed by atoms with Gasteiger partial charge in [0.15, 0.2) is 0 Å². The number of carbonyl (C=O) groups is 1. The van der Waals surface area contributed by atoms with Gasteiger partial charge in [0.25, 0.3) is 0 Å². The van der Waals surface area contributed by atoms with Crippen molar-refractivity contribution in [3.8, 4) is 5.75 Å². The first-order valence-electron chi connectivity index (χ1n) is 4.78. The smallest absolute Gasteiger partial charge is 0.305 e. The molecule has 0 radical (unpaired) electrons. The van der Waals surface area contributed by atoms with Gasteiger partial charge >= 0.3 is 5.97 Å². The highest BCUT2D eigenvalue weighted by molar-refractivity contribution is 5.68. The van der Waals surface area contributed by atoms with Crippen molar-refractivity contribution in [2.24, 2.45) is 5.73 Å². The molecule has 1 rings (SSSR count). The molecule has 4 nitrogen and oxygen atoms in total. The van der Waals surface area contributed by atoms with Crippen LogP contribution in [0.2, 0.25) is 0 Å². The number of halogens is 1. The molecular formula is C11H14FNO3. The number of nitrogens with two attached hydrogens (primary N) is 1. The number of carboxylic acid groups (broad SMARTS) is 1. The van der Waals surface area contributed by atoms with Crippen LogP contribution in [0.3, 0.4) is 0 Å². The molecule has 0 aliphatic heterocycles. The largest absolute Gasteiger partial charge is 0.496 e. The van der Waals surface area contributed by atoms with Gasteiger partial charge in [0.2, 0.25) is 0 Å². The number of ether oxygens (including phenoxy) is 1. The lowest BCUT2D eigenvalue weighted by molar-refractivity contribution is -0.137. The van der Waals surface area contributed by atoms with E-state index < -0.39 is 18.7 Å². The van der Waals surface area contributed by atoms with E-state index in [4.69, 9.17) is 15.6 Å². The molecule has 0 saturated carbocycles. The summed E-state index contributed by atoms with van der Waals surface area (Å²) in [4.78, 5) is 10.5. The molecule has 0 bridgehead atoms. The topological polar surface area (TPSA) is 72.5 Å². The third kappa shape index (κ3) is 2.93. The zero-order chi connectivity index (χ0) is 12.1. The second-order valence-corrected chi connectivity index (χ2v) is 3.41. The van der Waals surface area contributed by atoms with Crippen molar-refractivity contribution < 1.29 is 19.0 Å². The van der Waals surface area contributed by atoms with Crippen LogP contribution in [0.5, 0.6) is 5.75 Å². The first-order valence-corrected chi connectivity index (χ1v) is 4.78. The quantitative estimate of drug-likeness (QED) is 0.802. The Labute approximate surface area is 92.8 Å². The molecule has 1 atom stereocenters. The lowest BCUT2D eigenvalue weighted by Gasteiger charge is -2.12. The summed E-state index contributed by atoms with van der Waals surface area (Å²) < 4.78 is 17.6. The summed E-state index contributed by atoms with van der Waals surface area (Å²) in [5, 5.41) is 8.59. The van der Waals surface area contributed by atoms with E-state index in [0.717, 1.165) is 0 Å². The molecule has 1 aromatic carbocycles. The predicted octanol–water partition coefficient (Wildman–Crippen LogP) is 1.64. The number of hydrogen-bond donors (Lipinski definition) is 2. The van der Waals surface area contributed by atoms with Crippen molar-refractivity contribution in [3.05, 3.63) is 29.3 Å². The van der Waals surface area contributed by atoms with Crippen molar-refractivity contribution >= 4 is 5.97 Å². The number of hydrogen-bond acceptors (Lipinski definition) is 3. The van der Waals surface area contributed by atoms with E-state index in [1.54, 1.807) is 12.1 Å². The molecule has 0 fully saturated rings. The summed E-state index contributed by atoms with van der Waals surface area (Å²) in [6.45, 7) is -0.670.